The van der Waals surface area contributed by atoms with Gasteiger partial charge in [0.2, 0.25) is 5.91 Å². The molecule has 0 radical (unpaired) electrons. The molecule has 0 unspecified atom stereocenters. The van der Waals surface area contributed by atoms with E-state index < -0.39 is 9.84 Å². The maximum absolute atomic E-state index is 11.5. The summed E-state index contributed by atoms with van der Waals surface area (Å²) < 4.78 is 22.9. The Morgan fingerprint density at radius 2 is 2.00 bits per heavy atom. The van der Waals surface area contributed by atoms with Crippen molar-refractivity contribution in [2.24, 2.45) is 0 Å². The zero-order chi connectivity index (χ0) is 12.9. The van der Waals surface area contributed by atoms with Gasteiger partial charge in [-0.15, -0.1) is 0 Å². The standard InChI is InChI=1S/C12H13NO3S/c1-10(14)13-9-5-7-11-6-3-4-8-12(11)17(2,15)16/h3-4,6,8H,9H2,1-2H3,(H,13,14). The lowest BCUT2D eigenvalue weighted by atomic mass is 10.2. The molecule has 1 aromatic rings. The van der Waals surface area contributed by atoms with Gasteiger partial charge in [0.15, 0.2) is 9.84 Å². The number of carbonyl (C=O) groups is 1. The zero-order valence-electron chi connectivity index (χ0n) is 9.65. The Morgan fingerprint density at radius 1 is 1.35 bits per heavy atom. The van der Waals surface area contributed by atoms with Crippen molar-refractivity contribution < 1.29 is 13.2 Å². The minimum atomic E-state index is -3.28. The van der Waals surface area contributed by atoms with Gasteiger partial charge < -0.3 is 5.32 Å². The number of hydrogen-bond acceptors (Lipinski definition) is 3. The number of carbonyl (C=O) groups excluding carboxylic acids is 1. The number of sulfone groups is 1. The molecule has 0 atom stereocenters. The van der Waals surface area contributed by atoms with Crippen LogP contribution in [0.25, 0.3) is 0 Å². The van der Waals surface area contributed by atoms with Gasteiger partial charge in [0, 0.05) is 18.7 Å². The quantitative estimate of drug-likeness (QED) is 0.782. The largest absolute Gasteiger partial charge is 0.345 e. The fourth-order valence-corrected chi connectivity index (χ4v) is 2.05. The summed E-state index contributed by atoms with van der Waals surface area (Å²) in [5.41, 5.74) is 0.445. The van der Waals surface area contributed by atoms with E-state index in [9.17, 15) is 13.2 Å². The SMILES string of the molecule is CC(=O)NCC#Cc1ccccc1S(C)(=O)=O. The van der Waals surface area contributed by atoms with Crippen LogP contribution in [-0.4, -0.2) is 27.1 Å². The van der Waals surface area contributed by atoms with Gasteiger partial charge in [0.25, 0.3) is 0 Å². The van der Waals surface area contributed by atoms with Crippen molar-refractivity contribution in [3.8, 4) is 11.8 Å². The first kappa shape index (κ1) is 13.3. The van der Waals surface area contributed by atoms with E-state index in [4.69, 9.17) is 0 Å². The Labute approximate surface area is 101 Å². The highest BCUT2D eigenvalue weighted by atomic mass is 32.2. The molecule has 0 heterocycles. The molecule has 0 aliphatic heterocycles. The fraction of sp³-hybridized carbons (Fsp3) is 0.250. The molecule has 0 fully saturated rings. The molecule has 17 heavy (non-hydrogen) atoms. The van der Waals surface area contributed by atoms with Crippen LogP contribution in [0.1, 0.15) is 12.5 Å². The van der Waals surface area contributed by atoms with Crippen LogP contribution in [0.15, 0.2) is 29.2 Å². The maximum Gasteiger partial charge on any atom is 0.217 e. The van der Waals surface area contributed by atoms with E-state index in [1.54, 1.807) is 18.2 Å². The van der Waals surface area contributed by atoms with Gasteiger partial charge in [-0.05, 0) is 12.1 Å². The van der Waals surface area contributed by atoms with Crippen LogP contribution in [0, 0.1) is 11.8 Å². The smallest absolute Gasteiger partial charge is 0.217 e. The topological polar surface area (TPSA) is 63.2 Å². The van der Waals surface area contributed by atoms with Crippen molar-refractivity contribution in [1.29, 1.82) is 0 Å². The molecule has 0 spiro atoms. The summed E-state index contributed by atoms with van der Waals surface area (Å²) in [4.78, 5) is 10.8. The third kappa shape index (κ3) is 4.29. The van der Waals surface area contributed by atoms with E-state index in [-0.39, 0.29) is 17.3 Å². The third-order valence-electron chi connectivity index (χ3n) is 1.94. The Kier molecular flexibility index (Phi) is 4.30. The molecule has 1 N–H and O–H groups in total. The Hall–Kier alpha value is -1.80. The average Bonchev–Trinajstić information content (AvgIpc) is 2.23. The monoisotopic (exact) mass is 251 g/mol. The molecule has 1 rings (SSSR count). The molecule has 90 valence electrons. The van der Waals surface area contributed by atoms with Crippen molar-refractivity contribution >= 4 is 15.7 Å². The van der Waals surface area contributed by atoms with Gasteiger partial charge in [-0.2, -0.15) is 0 Å². The molecule has 5 heteroatoms. The number of nitrogens with one attached hydrogen (secondary N) is 1. The van der Waals surface area contributed by atoms with Gasteiger partial charge in [-0.1, -0.05) is 24.0 Å². The van der Waals surface area contributed by atoms with Crippen molar-refractivity contribution in [2.45, 2.75) is 11.8 Å². The van der Waals surface area contributed by atoms with E-state index in [1.165, 1.54) is 13.0 Å². The van der Waals surface area contributed by atoms with Crippen LogP contribution in [0.4, 0.5) is 0 Å². The Balaban J connectivity index is 2.96. The molecule has 0 bridgehead atoms. The van der Waals surface area contributed by atoms with Crippen molar-refractivity contribution in [2.75, 3.05) is 12.8 Å². The first-order chi connectivity index (χ1) is 7.91. The summed E-state index contributed by atoms with van der Waals surface area (Å²) in [7, 11) is -3.28. The van der Waals surface area contributed by atoms with Crippen molar-refractivity contribution in [1.82, 2.24) is 5.32 Å². The van der Waals surface area contributed by atoms with Gasteiger partial charge in [0.1, 0.15) is 0 Å². The zero-order valence-corrected chi connectivity index (χ0v) is 10.5. The predicted molar refractivity (Wildman–Crippen MR) is 65.1 cm³/mol. The summed E-state index contributed by atoms with van der Waals surface area (Å²) >= 11 is 0. The Bertz CT molecular complexity index is 579. The lowest BCUT2D eigenvalue weighted by Crippen LogP contribution is -2.19. The minimum Gasteiger partial charge on any atom is -0.345 e. The highest BCUT2D eigenvalue weighted by Crippen LogP contribution is 2.13. The lowest BCUT2D eigenvalue weighted by Gasteiger charge is -2.00. The summed E-state index contributed by atoms with van der Waals surface area (Å²) in [6.07, 6.45) is 1.14. The average molecular weight is 251 g/mol. The number of rotatable bonds is 2. The van der Waals surface area contributed by atoms with Crippen molar-refractivity contribution in [3.63, 3.8) is 0 Å². The first-order valence-electron chi connectivity index (χ1n) is 4.93. The molecule has 0 aliphatic rings. The van der Waals surface area contributed by atoms with Crippen LogP contribution in [0.2, 0.25) is 0 Å². The summed E-state index contributed by atoms with van der Waals surface area (Å²) in [6, 6.07) is 6.52. The molecule has 4 nitrogen and oxygen atoms in total. The highest BCUT2D eigenvalue weighted by molar-refractivity contribution is 7.90. The van der Waals surface area contributed by atoms with E-state index in [0.717, 1.165) is 6.26 Å². The molecule has 1 amide bonds. The van der Waals surface area contributed by atoms with Gasteiger partial charge in [-0.25, -0.2) is 8.42 Å². The molecular formula is C12H13NO3S. The summed E-state index contributed by atoms with van der Waals surface area (Å²) in [5, 5.41) is 2.51. The minimum absolute atomic E-state index is 0.171. The normalized spacial score (nSPS) is 10.2. The summed E-state index contributed by atoms with van der Waals surface area (Å²) in [5.74, 6) is 5.26. The van der Waals surface area contributed by atoms with Crippen LogP contribution >= 0.6 is 0 Å². The molecule has 0 aliphatic carbocycles. The molecular weight excluding hydrogens is 238 g/mol. The van der Waals surface area contributed by atoms with Crippen LogP contribution in [0.5, 0.6) is 0 Å². The van der Waals surface area contributed by atoms with E-state index in [1.807, 2.05) is 0 Å². The van der Waals surface area contributed by atoms with E-state index in [2.05, 4.69) is 17.2 Å². The maximum atomic E-state index is 11.5. The lowest BCUT2D eigenvalue weighted by molar-refractivity contribution is -0.118. The van der Waals surface area contributed by atoms with Crippen LogP contribution in [-0.2, 0) is 14.6 Å². The molecule has 1 aromatic carbocycles. The molecule has 0 aromatic heterocycles. The summed E-state index contributed by atoms with van der Waals surface area (Å²) in [6.45, 7) is 1.60. The third-order valence-corrected chi connectivity index (χ3v) is 3.09. The fourth-order valence-electron chi connectivity index (χ4n) is 1.20. The first-order valence-corrected chi connectivity index (χ1v) is 6.83. The molecule has 0 saturated carbocycles. The van der Waals surface area contributed by atoms with Gasteiger partial charge in [-0.3, -0.25) is 4.79 Å². The van der Waals surface area contributed by atoms with Crippen LogP contribution < -0.4 is 5.32 Å². The second-order valence-electron chi connectivity index (χ2n) is 3.48. The molecule has 0 saturated heterocycles. The Morgan fingerprint density at radius 3 is 2.59 bits per heavy atom. The van der Waals surface area contributed by atoms with Gasteiger partial charge >= 0.3 is 0 Å². The highest BCUT2D eigenvalue weighted by Gasteiger charge is 2.10. The van der Waals surface area contributed by atoms with E-state index >= 15 is 0 Å². The second-order valence-corrected chi connectivity index (χ2v) is 5.46. The number of hydrogen-bond donors (Lipinski definition) is 1. The number of amides is 1. The number of benzene rings is 1. The van der Waals surface area contributed by atoms with E-state index in [0.29, 0.717) is 5.56 Å². The predicted octanol–water partition coefficient (Wildman–Crippen LogP) is 0.578. The second kappa shape index (κ2) is 5.51. The van der Waals surface area contributed by atoms with Gasteiger partial charge in [0.05, 0.1) is 11.4 Å². The van der Waals surface area contributed by atoms with Crippen LogP contribution in [0.3, 0.4) is 0 Å². The van der Waals surface area contributed by atoms with Crippen molar-refractivity contribution in [3.05, 3.63) is 29.8 Å².